The molecule has 34 heavy (non-hydrogen) atoms. The van der Waals surface area contributed by atoms with E-state index >= 15 is 0 Å². The first-order valence-electron chi connectivity index (χ1n) is 13.1. The summed E-state index contributed by atoms with van der Waals surface area (Å²) in [5.41, 5.74) is 0. The lowest BCUT2D eigenvalue weighted by Crippen LogP contribution is -2.01. The molecule has 0 amide bonds. The molecule has 1 N–H and O–H groups in total. The Hall–Kier alpha value is -1.97. The molecule has 1 unspecified atom stereocenters. The van der Waals surface area contributed by atoms with Crippen LogP contribution in [0.25, 0.3) is 0 Å². The van der Waals surface area contributed by atoms with Gasteiger partial charge in [-0.25, -0.2) is 4.57 Å². The SMILES string of the molecule is CCCCCCCCCCCCCCCCOc1cccc(OP(=O)(O)Oc2ccccc2)c1. The second-order valence-electron chi connectivity index (χ2n) is 8.88. The minimum absolute atomic E-state index is 0.236. The second kappa shape index (κ2) is 17.5. The van der Waals surface area contributed by atoms with E-state index in [1.807, 2.05) is 6.07 Å². The van der Waals surface area contributed by atoms with E-state index in [1.165, 1.54) is 77.0 Å². The highest BCUT2D eigenvalue weighted by Gasteiger charge is 2.25. The molecule has 0 radical (unpaired) electrons. The summed E-state index contributed by atoms with van der Waals surface area (Å²) in [6, 6.07) is 15.2. The smallest absolute Gasteiger partial charge is 0.493 e. The standard InChI is InChI=1S/C28H43O5P/c1-2-3-4-5-6-7-8-9-10-11-12-13-14-18-24-31-27-22-19-23-28(25-27)33-34(29,30)32-26-20-16-15-17-21-26/h15-17,19-23,25H,2-14,18,24H2,1H3,(H,29,30). The molecule has 0 fully saturated rings. The van der Waals surface area contributed by atoms with Crippen LogP contribution in [0.3, 0.4) is 0 Å². The van der Waals surface area contributed by atoms with Gasteiger partial charge in [-0.2, -0.15) is 0 Å². The zero-order valence-electron chi connectivity index (χ0n) is 20.8. The van der Waals surface area contributed by atoms with Gasteiger partial charge in [0.1, 0.15) is 17.2 Å². The quantitative estimate of drug-likeness (QED) is 0.148. The highest BCUT2D eigenvalue weighted by Crippen LogP contribution is 2.44. The Morgan fingerprint density at radius 2 is 1.09 bits per heavy atom. The highest BCUT2D eigenvalue weighted by molar-refractivity contribution is 7.48. The van der Waals surface area contributed by atoms with Gasteiger partial charge in [-0.3, -0.25) is 4.89 Å². The van der Waals surface area contributed by atoms with Crippen molar-refractivity contribution in [3.8, 4) is 17.2 Å². The maximum atomic E-state index is 12.2. The Bertz CT molecular complexity index is 811. The summed E-state index contributed by atoms with van der Waals surface area (Å²) in [4.78, 5) is 10.00. The first-order chi connectivity index (χ1) is 16.6. The van der Waals surface area contributed by atoms with E-state index in [9.17, 15) is 9.46 Å². The molecule has 190 valence electrons. The number of phosphoric ester groups is 1. The third-order valence-electron chi connectivity index (χ3n) is 5.76. The largest absolute Gasteiger partial charge is 0.584 e. The number of ether oxygens (including phenoxy) is 1. The van der Waals surface area contributed by atoms with Crippen LogP contribution in [0.1, 0.15) is 96.8 Å². The maximum absolute atomic E-state index is 12.2. The predicted molar refractivity (Wildman–Crippen MR) is 140 cm³/mol. The predicted octanol–water partition coefficient (Wildman–Crippen LogP) is 9.10. The molecule has 5 nitrogen and oxygen atoms in total. The minimum atomic E-state index is -4.27. The van der Waals surface area contributed by atoms with Gasteiger partial charge in [0.2, 0.25) is 0 Å². The van der Waals surface area contributed by atoms with Crippen molar-refractivity contribution in [2.24, 2.45) is 0 Å². The summed E-state index contributed by atoms with van der Waals surface area (Å²) in [5.74, 6) is 1.13. The first kappa shape index (κ1) is 28.3. The molecule has 6 heteroatoms. The lowest BCUT2D eigenvalue weighted by molar-refractivity contribution is 0.287. The summed E-state index contributed by atoms with van der Waals surface area (Å²) < 4.78 is 28.3. The van der Waals surface area contributed by atoms with E-state index in [2.05, 4.69) is 6.92 Å². The van der Waals surface area contributed by atoms with E-state index in [1.54, 1.807) is 48.5 Å². The molecule has 0 aromatic heterocycles. The average molecular weight is 491 g/mol. The number of unbranched alkanes of at least 4 members (excludes halogenated alkanes) is 13. The van der Waals surface area contributed by atoms with Crippen LogP contribution < -0.4 is 13.8 Å². The molecule has 0 bridgehead atoms. The van der Waals surface area contributed by atoms with Crippen LogP contribution in [0.15, 0.2) is 54.6 Å². The summed E-state index contributed by atoms with van der Waals surface area (Å²) >= 11 is 0. The Morgan fingerprint density at radius 3 is 1.68 bits per heavy atom. The van der Waals surface area contributed by atoms with Gasteiger partial charge in [0.25, 0.3) is 0 Å². The van der Waals surface area contributed by atoms with Crippen molar-refractivity contribution < 1.29 is 23.2 Å². The summed E-state index contributed by atoms with van der Waals surface area (Å²) in [6.45, 7) is 2.89. The Kier molecular flexibility index (Phi) is 14.5. The zero-order valence-corrected chi connectivity index (χ0v) is 21.7. The first-order valence-corrected chi connectivity index (χ1v) is 14.6. The molecule has 0 saturated carbocycles. The van der Waals surface area contributed by atoms with E-state index < -0.39 is 7.82 Å². The number of hydrogen-bond acceptors (Lipinski definition) is 4. The minimum Gasteiger partial charge on any atom is -0.493 e. The van der Waals surface area contributed by atoms with Gasteiger partial charge in [0.05, 0.1) is 6.61 Å². The van der Waals surface area contributed by atoms with E-state index in [0.29, 0.717) is 12.4 Å². The molecular formula is C28H43O5P. The van der Waals surface area contributed by atoms with Crippen LogP contribution in [0.2, 0.25) is 0 Å². The summed E-state index contributed by atoms with van der Waals surface area (Å²) in [7, 11) is -4.27. The van der Waals surface area contributed by atoms with Gasteiger partial charge in [-0.05, 0) is 30.7 Å². The van der Waals surface area contributed by atoms with E-state index in [-0.39, 0.29) is 11.5 Å². The number of rotatable bonds is 20. The van der Waals surface area contributed by atoms with Gasteiger partial charge in [0, 0.05) is 6.07 Å². The molecule has 0 aliphatic rings. The van der Waals surface area contributed by atoms with Crippen molar-refractivity contribution in [1.29, 1.82) is 0 Å². The fraction of sp³-hybridized carbons (Fsp3) is 0.571. The van der Waals surface area contributed by atoms with Crippen molar-refractivity contribution in [2.75, 3.05) is 6.61 Å². The van der Waals surface area contributed by atoms with Crippen LogP contribution in [-0.2, 0) is 4.57 Å². The topological polar surface area (TPSA) is 65.0 Å². The maximum Gasteiger partial charge on any atom is 0.584 e. The fourth-order valence-electron chi connectivity index (χ4n) is 3.87. The molecular weight excluding hydrogens is 447 g/mol. The molecule has 0 aliphatic heterocycles. The van der Waals surface area contributed by atoms with Gasteiger partial charge in [-0.15, -0.1) is 0 Å². The summed E-state index contributed by atoms with van der Waals surface area (Å²) in [5, 5.41) is 0. The van der Waals surface area contributed by atoms with E-state index in [4.69, 9.17) is 13.8 Å². The van der Waals surface area contributed by atoms with Crippen molar-refractivity contribution in [3.63, 3.8) is 0 Å². The van der Waals surface area contributed by atoms with Crippen molar-refractivity contribution >= 4 is 7.82 Å². The Balaban J connectivity index is 1.50. The second-order valence-corrected chi connectivity index (χ2v) is 10.2. The molecule has 1 atom stereocenters. The Morgan fingerprint density at radius 1 is 0.618 bits per heavy atom. The number of hydrogen-bond donors (Lipinski definition) is 1. The fourth-order valence-corrected chi connectivity index (χ4v) is 4.68. The molecule has 0 spiro atoms. The third-order valence-corrected chi connectivity index (χ3v) is 6.64. The number of benzene rings is 2. The normalized spacial score (nSPS) is 12.8. The van der Waals surface area contributed by atoms with Crippen molar-refractivity contribution in [1.82, 2.24) is 0 Å². The van der Waals surface area contributed by atoms with Crippen LogP contribution in [0, 0.1) is 0 Å². The monoisotopic (exact) mass is 490 g/mol. The zero-order chi connectivity index (χ0) is 24.3. The van der Waals surface area contributed by atoms with Gasteiger partial charge < -0.3 is 13.8 Å². The molecule has 0 saturated heterocycles. The van der Waals surface area contributed by atoms with Crippen LogP contribution in [0.4, 0.5) is 0 Å². The lowest BCUT2D eigenvalue weighted by Gasteiger charge is -2.14. The van der Waals surface area contributed by atoms with E-state index in [0.717, 1.165) is 12.8 Å². The highest BCUT2D eigenvalue weighted by atomic mass is 31.2. The van der Waals surface area contributed by atoms with Crippen LogP contribution >= 0.6 is 7.82 Å². The number of para-hydroxylation sites is 1. The van der Waals surface area contributed by atoms with Crippen molar-refractivity contribution in [3.05, 3.63) is 54.6 Å². The molecule has 0 heterocycles. The summed E-state index contributed by atoms with van der Waals surface area (Å²) in [6.07, 6.45) is 18.5. The molecule has 2 aromatic rings. The molecule has 0 aliphatic carbocycles. The number of phosphoric acid groups is 1. The van der Waals surface area contributed by atoms with Crippen LogP contribution in [-0.4, -0.2) is 11.5 Å². The molecule has 2 aromatic carbocycles. The Labute approximate surface area is 206 Å². The van der Waals surface area contributed by atoms with Crippen molar-refractivity contribution in [2.45, 2.75) is 96.8 Å². The average Bonchev–Trinajstić information content (AvgIpc) is 2.82. The lowest BCUT2D eigenvalue weighted by atomic mass is 10.0. The third kappa shape index (κ3) is 13.7. The van der Waals surface area contributed by atoms with Gasteiger partial charge >= 0.3 is 7.82 Å². The van der Waals surface area contributed by atoms with Gasteiger partial charge in [-0.1, -0.05) is 115 Å². The molecule has 2 rings (SSSR count). The van der Waals surface area contributed by atoms with Crippen LogP contribution in [0.5, 0.6) is 17.2 Å². The van der Waals surface area contributed by atoms with Gasteiger partial charge in [0.15, 0.2) is 0 Å².